The van der Waals surface area contributed by atoms with Gasteiger partial charge in [0, 0.05) is 37.1 Å². The maximum absolute atomic E-state index is 12.9. The third kappa shape index (κ3) is 4.54. The Morgan fingerprint density at radius 2 is 1.81 bits per heavy atom. The van der Waals surface area contributed by atoms with Gasteiger partial charge < -0.3 is 25.6 Å². The predicted molar refractivity (Wildman–Crippen MR) is 123 cm³/mol. The van der Waals surface area contributed by atoms with Gasteiger partial charge in [-0.2, -0.15) is 4.98 Å². The Bertz CT molecular complexity index is 1080. The molecule has 0 aliphatic carbocycles. The van der Waals surface area contributed by atoms with Crippen molar-refractivity contribution >= 4 is 28.6 Å². The van der Waals surface area contributed by atoms with Crippen LogP contribution in [0.4, 0.5) is 11.8 Å². The third-order valence-electron chi connectivity index (χ3n) is 5.72. The molecule has 8 heteroatoms. The summed E-state index contributed by atoms with van der Waals surface area (Å²) in [6, 6.07) is 13.0. The number of fused-ring (bicyclic) bond motifs is 1. The fourth-order valence-electron chi connectivity index (χ4n) is 3.79. The quantitative estimate of drug-likeness (QED) is 0.654. The molecule has 4 rings (SSSR count). The number of nitrogen functional groups attached to an aromatic ring is 1. The van der Waals surface area contributed by atoms with E-state index in [1.807, 2.05) is 43.3 Å². The number of benzene rings is 2. The number of hydrogen-bond donors (Lipinski definition) is 2. The van der Waals surface area contributed by atoms with E-state index in [-0.39, 0.29) is 17.9 Å². The molecule has 1 aliphatic heterocycles. The van der Waals surface area contributed by atoms with Crippen LogP contribution in [0, 0.1) is 0 Å². The van der Waals surface area contributed by atoms with Crippen LogP contribution in [0.3, 0.4) is 0 Å². The normalized spacial score (nSPS) is 15.6. The molecule has 3 N–H and O–H groups in total. The smallest absolute Gasteiger partial charge is 0.251 e. The first-order valence-electron chi connectivity index (χ1n) is 10.4. The lowest BCUT2D eigenvalue weighted by Crippen LogP contribution is -2.45. The Labute approximate surface area is 182 Å². The van der Waals surface area contributed by atoms with Gasteiger partial charge in [0.15, 0.2) is 0 Å². The first-order chi connectivity index (χ1) is 14.9. The average Bonchev–Trinajstić information content (AvgIpc) is 2.78. The van der Waals surface area contributed by atoms with Crippen LogP contribution >= 0.6 is 0 Å². The van der Waals surface area contributed by atoms with Gasteiger partial charge in [0.05, 0.1) is 18.7 Å². The Morgan fingerprint density at radius 1 is 1.10 bits per heavy atom. The second-order valence-electron chi connectivity index (χ2n) is 7.90. The van der Waals surface area contributed by atoms with Gasteiger partial charge in [-0.3, -0.25) is 4.79 Å². The summed E-state index contributed by atoms with van der Waals surface area (Å²) in [5, 5.41) is 3.94. The van der Waals surface area contributed by atoms with E-state index >= 15 is 0 Å². The standard InChI is InChI=1S/C23H28N6O2/c1-15(16-4-7-18(31-3)8-5-16)25-22(30)17-6-9-19-20(14-17)26-23(24)27-21(19)29-12-10-28(2)11-13-29/h4-9,14-15H,10-13H2,1-3H3,(H,25,30)(H2,24,26,27)/t15-/m1/s1. The molecule has 0 radical (unpaired) electrons. The number of likely N-dealkylation sites (N-methyl/N-ethyl adjacent to an activating group) is 1. The van der Waals surface area contributed by atoms with Crippen LogP contribution < -0.4 is 20.7 Å². The first kappa shape index (κ1) is 20.9. The van der Waals surface area contributed by atoms with Crippen LogP contribution in [0.2, 0.25) is 0 Å². The summed E-state index contributed by atoms with van der Waals surface area (Å²) < 4.78 is 5.19. The number of anilines is 2. The summed E-state index contributed by atoms with van der Waals surface area (Å²) in [6.07, 6.45) is 0. The maximum atomic E-state index is 12.9. The lowest BCUT2D eigenvalue weighted by atomic mass is 10.1. The molecule has 31 heavy (non-hydrogen) atoms. The summed E-state index contributed by atoms with van der Waals surface area (Å²) in [6.45, 7) is 5.64. The van der Waals surface area contributed by atoms with Gasteiger partial charge in [-0.05, 0) is 49.9 Å². The van der Waals surface area contributed by atoms with Crippen LogP contribution in [0.5, 0.6) is 5.75 Å². The largest absolute Gasteiger partial charge is 0.497 e. The number of ether oxygens (including phenoxy) is 1. The van der Waals surface area contributed by atoms with Crippen molar-refractivity contribution in [2.45, 2.75) is 13.0 Å². The SMILES string of the molecule is COc1ccc([C@@H](C)NC(=O)c2ccc3c(N4CCN(C)CC4)nc(N)nc3c2)cc1. The number of methoxy groups -OCH3 is 1. The maximum Gasteiger partial charge on any atom is 0.251 e. The topological polar surface area (TPSA) is 96.6 Å². The number of nitrogens with one attached hydrogen (secondary N) is 1. The number of carbonyl (C=O) groups is 1. The summed E-state index contributed by atoms with van der Waals surface area (Å²) in [7, 11) is 3.74. The highest BCUT2D eigenvalue weighted by Crippen LogP contribution is 2.27. The van der Waals surface area contributed by atoms with Crippen molar-refractivity contribution in [1.29, 1.82) is 0 Å². The van der Waals surface area contributed by atoms with E-state index in [4.69, 9.17) is 10.5 Å². The van der Waals surface area contributed by atoms with E-state index in [9.17, 15) is 4.79 Å². The molecule has 1 saturated heterocycles. The summed E-state index contributed by atoms with van der Waals surface area (Å²) in [4.78, 5) is 26.3. The van der Waals surface area contributed by atoms with Crippen LogP contribution in [0.25, 0.3) is 10.9 Å². The molecule has 1 amide bonds. The van der Waals surface area contributed by atoms with Gasteiger partial charge >= 0.3 is 0 Å². The zero-order valence-corrected chi connectivity index (χ0v) is 18.1. The van der Waals surface area contributed by atoms with Gasteiger partial charge in [-0.1, -0.05) is 12.1 Å². The summed E-state index contributed by atoms with van der Waals surface area (Å²) in [5.41, 5.74) is 8.20. The molecule has 1 aromatic heterocycles. The predicted octanol–water partition coefficient (Wildman–Crippen LogP) is 2.46. The molecule has 0 saturated carbocycles. The van der Waals surface area contributed by atoms with Crippen LogP contribution in [-0.2, 0) is 0 Å². The number of rotatable bonds is 5. The van der Waals surface area contributed by atoms with Gasteiger partial charge in [-0.25, -0.2) is 4.98 Å². The number of carbonyl (C=O) groups excluding carboxylic acids is 1. The van der Waals surface area contributed by atoms with Crippen molar-refractivity contribution in [3.63, 3.8) is 0 Å². The number of nitrogens with two attached hydrogens (primary N) is 1. The summed E-state index contributed by atoms with van der Waals surface area (Å²) in [5.74, 6) is 1.66. The van der Waals surface area contributed by atoms with Crippen LogP contribution in [0.15, 0.2) is 42.5 Å². The van der Waals surface area contributed by atoms with E-state index in [1.165, 1.54) is 0 Å². The van der Waals surface area contributed by atoms with E-state index < -0.39 is 0 Å². The molecule has 2 aromatic carbocycles. The molecule has 162 valence electrons. The van der Waals surface area contributed by atoms with E-state index in [1.54, 1.807) is 13.2 Å². The van der Waals surface area contributed by atoms with Crippen molar-refractivity contribution in [1.82, 2.24) is 20.2 Å². The average molecular weight is 421 g/mol. The first-order valence-corrected chi connectivity index (χ1v) is 10.4. The molecule has 1 atom stereocenters. The lowest BCUT2D eigenvalue weighted by Gasteiger charge is -2.33. The molecule has 0 spiro atoms. The second kappa shape index (κ2) is 8.77. The highest BCUT2D eigenvalue weighted by atomic mass is 16.5. The minimum Gasteiger partial charge on any atom is -0.497 e. The molecule has 1 fully saturated rings. The fourth-order valence-corrected chi connectivity index (χ4v) is 3.79. The molecule has 1 aliphatic rings. The number of piperazine rings is 1. The minimum absolute atomic E-state index is 0.148. The van der Waals surface area contributed by atoms with Crippen molar-refractivity contribution in [2.24, 2.45) is 0 Å². The Balaban J connectivity index is 1.56. The molecule has 8 nitrogen and oxygen atoms in total. The van der Waals surface area contributed by atoms with Crippen molar-refractivity contribution in [3.8, 4) is 5.75 Å². The van der Waals surface area contributed by atoms with Crippen LogP contribution in [0.1, 0.15) is 28.9 Å². The molecular weight excluding hydrogens is 392 g/mol. The lowest BCUT2D eigenvalue weighted by molar-refractivity contribution is 0.0940. The third-order valence-corrected chi connectivity index (χ3v) is 5.72. The summed E-state index contributed by atoms with van der Waals surface area (Å²) >= 11 is 0. The highest BCUT2D eigenvalue weighted by Gasteiger charge is 2.20. The fraction of sp³-hybridized carbons (Fsp3) is 0.348. The number of amides is 1. The van der Waals surface area contributed by atoms with Crippen molar-refractivity contribution < 1.29 is 9.53 Å². The Morgan fingerprint density at radius 3 is 2.48 bits per heavy atom. The van der Waals surface area contributed by atoms with E-state index in [2.05, 4.69) is 32.1 Å². The second-order valence-corrected chi connectivity index (χ2v) is 7.90. The molecule has 3 aromatic rings. The van der Waals surface area contributed by atoms with Gasteiger partial charge in [0.25, 0.3) is 5.91 Å². The number of hydrogen-bond acceptors (Lipinski definition) is 7. The molecule has 0 bridgehead atoms. The molecular formula is C23H28N6O2. The Kier molecular flexibility index (Phi) is 5.90. The van der Waals surface area contributed by atoms with Crippen molar-refractivity contribution in [3.05, 3.63) is 53.6 Å². The van der Waals surface area contributed by atoms with E-state index in [0.29, 0.717) is 11.1 Å². The van der Waals surface area contributed by atoms with Gasteiger partial charge in [0.1, 0.15) is 11.6 Å². The van der Waals surface area contributed by atoms with Gasteiger partial charge in [-0.15, -0.1) is 0 Å². The number of aromatic nitrogens is 2. The van der Waals surface area contributed by atoms with Gasteiger partial charge in [0.2, 0.25) is 5.95 Å². The van der Waals surface area contributed by atoms with Crippen molar-refractivity contribution in [2.75, 3.05) is 51.0 Å². The highest BCUT2D eigenvalue weighted by molar-refractivity contribution is 6.00. The number of nitrogens with zero attached hydrogens (tertiary/aromatic N) is 4. The molecule has 0 unspecified atom stereocenters. The minimum atomic E-state index is -0.163. The van der Waals surface area contributed by atoms with E-state index in [0.717, 1.165) is 48.7 Å². The monoisotopic (exact) mass is 420 g/mol. The molecule has 2 heterocycles. The Hall–Kier alpha value is -3.39. The van der Waals surface area contributed by atoms with Crippen LogP contribution in [-0.4, -0.2) is 61.1 Å². The zero-order valence-electron chi connectivity index (χ0n) is 18.1. The zero-order chi connectivity index (χ0) is 22.0.